The summed E-state index contributed by atoms with van der Waals surface area (Å²) in [6, 6.07) is 20.7. The van der Waals surface area contributed by atoms with Crippen molar-refractivity contribution in [2.45, 2.75) is 59.3 Å². The second kappa shape index (κ2) is 12.1. The van der Waals surface area contributed by atoms with E-state index >= 15 is 0 Å². The van der Waals surface area contributed by atoms with E-state index in [2.05, 4.69) is 69.3 Å². The van der Waals surface area contributed by atoms with Crippen LogP contribution in [0.4, 0.5) is 0 Å². The summed E-state index contributed by atoms with van der Waals surface area (Å²) in [7, 11) is -1.70. The first-order valence-corrected chi connectivity index (χ1v) is 13.4. The van der Waals surface area contributed by atoms with Crippen molar-refractivity contribution in [1.29, 1.82) is 0 Å². The predicted octanol–water partition coefficient (Wildman–Crippen LogP) is 7.18. The molecule has 0 aliphatic rings. The molecule has 0 aromatic heterocycles. The van der Waals surface area contributed by atoms with Crippen molar-refractivity contribution in [3.05, 3.63) is 77.3 Å². The average Bonchev–Trinajstić information content (AvgIpc) is 2.75. The summed E-state index contributed by atoms with van der Waals surface area (Å²) in [6.45, 7) is 6.74. The zero-order valence-electron chi connectivity index (χ0n) is 18.0. The molecule has 28 heavy (non-hydrogen) atoms. The van der Waals surface area contributed by atoms with Gasteiger partial charge in [-0.25, -0.2) is 0 Å². The third kappa shape index (κ3) is 5.95. The van der Waals surface area contributed by atoms with Crippen LogP contribution in [0.25, 0.3) is 5.57 Å². The van der Waals surface area contributed by atoms with Crippen LogP contribution in [0, 0.1) is 0 Å². The Morgan fingerprint density at radius 2 is 1.00 bits per heavy atom. The Bertz CT molecular complexity index is 642. The molecule has 0 spiro atoms. The van der Waals surface area contributed by atoms with Crippen molar-refractivity contribution in [3.63, 3.8) is 0 Å². The van der Waals surface area contributed by atoms with Crippen molar-refractivity contribution in [2.75, 3.05) is 18.5 Å². The van der Waals surface area contributed by atoms with Crippen molar-refractivity contribution in [2.24, 2.45) is 0 Å². The highest BCUT2D eigenvalue weighted by Gasteiger charge is 2.37. The van der Waals surface area contributed by atoms with E-state index in [1.165, 1.54) is 38.5 Å². The fourth-order valence-corrected chi connectivity index (χ4v) is 8.66. The molecule has 0 saturated carbocycles. The molecule has 0 saturated heterocycles. The molecule has 0 N–H and O–H groups in total. The minimum atomic E-state index is -1.70. The predicted molar refractivity (Wildman–Crippen MR) is 125 cm³/mol. The van der Waals surface area contributed by atoms with E-state index in [0.717, 1.165) is 35.2 Å². The molecule has 0 atom stereocenters. The number of hydrogen-bond acceptors (Lipinski definition) is 1. The third-order valence-corrected chi connectivity index (χ3v) is 10.2. The minimum Gasteiger partial charge on any atom is -0.845 e. The molecule has 0 aliphatic carbocycles. The molecule has 0 aliphatic heterocycles. The molecule has 0 fully saturated rings. The molecule has 2 aromatic carbocycles. The van der Waals surface area contributed by atoms with E-state index in [9.17, 15) is 5.11 Å². The zero-order chi connectivity index (χ0) is 20.2. The van der Waals surface area contributed by atoms with E-state index in [0.29, 0.717) is 5.50 Å². The molecule has 0 amide bonds. The van der Waals surface area contributed by atoms with E-state index < -0.39 is 7.26 Å². The minimum absolute atomic E-state index is 0.472. The molecule has 2 aromatic rings. The van der Waals surface area contributed by atoms with Gasteiger partial charge in [-0.3, -0.25) is 0 Å². The van der Waals surface area contributed by atoms with Crippen LogP contribution < -0.4 is 5.11 Å². The lowest BCUT2D eigenvalue weighted by molar-refractivity contribution is -0.285. The maximum Gasteiger partial charge on any atom is 0.0630 e. The smallest absolute Gasteiger partial charge is 0.0630 e. The normalized spacial score (nSPS) is 11.4. The largest absolute Gasteiger partial charge is 0.845 e. The molecule has 1 nitrogen and oxygen atoms in total. The van der Waals surface area contributed by atoms with Gasteiger partial charge in [0.25, 0.3) is 0 Å². The van der Waals surface area contributed by atoms with Crippen LogP contribution in [0.2, 0.25) is 0 Å². The fourth-order valence-electron chi connectivity index (χ4n) is 3.88. The molecule has 2 heteroatoms. The van der Waals surface area contributed by atoms with Gasteiger partial charge in [-0.1, -0.05) is 101 Å². The van der Waals surface area contributed by atoms with Crippen molar-refractivity contribution in [3.8, 4) is 0 Å². The summed E-state index contributed by atoms with van der Waals surface area (Å²) < 4.78 is 0. The first kappa shape index (κ1) is 22.7. The van der Waals surface area contributed by atoms with Crippen LogP contribution >= 0.6 is 7.26 Å². The van der Waals surface area contributed by atoms with Crippen LogP contribution in [0.15, 0.2) is 66.2 Å². The van der Waals surface area contributed by atoms with E-state index in [4.69, 9.17) is 0 Å². The van der Waals surface area contributed by atoms with Crippen LogP contribution in [-0.4, -0.2) is 18.5 Å². The maximum atomic E-state index is 14.3. The Balaban J connectivity index is 2.66. The van der Waals surface area contributed by atoms with Gasteiger partial charge < -0.3 is 5.11 Å². The van der Waals surface area contributed by atoms with Crippen LogP contribution in [-0.2, 0) is 0 Å². The van der Waals surface area contributed by atoms with Crippen molar-refractivity contribution in [1.82, 2.24) is 0 Å². The Hall–Kier alpha value is -1.59. The lowest BCUT2D eigenvalue weighted by Gasteiger charge is -2.35. The standard InChI is InChI=1S/C26H37OP/c1-4-7-20-28(21-8-5-2,22-9-6-3)26(27)25(23-16-12-10-13-17-23)24-18-14-11-15-19-24/h10-19H,4-9,20-22H2,1-3H3. The molecule has 152 valence electrons. The number of benzene rings is 2. The number of unbranched alkanes of at least 4 members (excludes halogenated alkanes) is 3. The SMILES string of the molecule is CCCC[P+](CCCC)(CCCC)C([O-])=C(c1ccccc1)c1ccccc1. The topological polar surface area (TPSA) is 23.1 Å². The summed E-state index contributed by atoms with van der Waals surface area (Å²) in [5.74, 6) is 0. The van der Waals surface area contributed by atoms with Gasteiger partial charge in [-0.05, 0) is 30.4 Å². The Kier molecular flexibility index (Phi) is 9.79. The highest BCUT2D eigenvalue weighted by atomic mass is 31.2. The van der Waals surface area contributed by atoms with Gasteiger partial charge in [0.15, 0.2) is 0 Å². The molecular formula is C26H37OP. The fraction of sp³-hybridized carbons (Fsp3) is 0.462. The van der Waals surface area contributed by atoms with Crippen molar-refractivity contribution < 1.29 is 5.11 Å². The van der Waals surface area contributed by atoms with Gasteiger partial charge in [0.2, 0.25) is 0 Å². The van der Waals surface area contributed by atoms with Gasteiger partial charge in [0, 0.05) is 18.3 Å². The first-order chi connectivity index (χ1) is 13.7. The Morgan fingerprint density at radius 1 is 0.643 bits per heavy atom. The van der Waals surface area contributed by atoms with Gasteiger partial charge >= 0.3 is 0 Å². The summed E-state index contributed by atoms with van der Waals surface area (Å²) in [5.41, 5.74) is 3.58. The van der Waals surface area contributed by atoms with E-state index in [-0.39, 0.29) is 0 Å². The second-order valence-electron chi connectivity index (χ2n) is 7.79. The zero-order valence-corrected chi connectivity index (χ0v) is 18.9. The quantitative estimate of drug-likeness (QED) is 0.275. The highest BCUT2D eigenvalue weighted by Crippen LogP contribution is 2.67. The van der Waals surface area contributed by atoms with Gasteiger partial charge in [0.05, 0.1) is 18.5 Å². The molecule has 2 rings (SSSR count). The van der Waals surface area contributed by atoms with Gasteiger partial charge in [-0.15, -0.1) is 0 Å². The van der Waals surface area contributed by atoms with Gasteiger partial charge in [0.1, 0.15) is 0 Å². The monoisotopic (exact) mass is 396 g/mol. The molecule has 0 bridgehead atoms. The second-order valence-corrected chi connectivity index (χ2v) is 11.8. The van der Waals surface area contributed by atoms with Crippen LogP contribution in [0.3, 0.4) is 0 Å². The number of rotatable bonds is 12. The lowest BCUT2D eigenvalue weighted by atomic mass is 9.99. The van der Waals surface area contributed by atoms with Crippen molar-refractivity contribution >= 4 is 12.8 Å². The molecule has 0 radical (unpaired) electrons. The van der Waals surface area contributed by atoms with Gasteiger partial charge in [-0.2, -0.15) is 0 Å². The van der Waals surface area contributed by atoms with Crippen LogP contribution in [0.5, 0.6) is 0 Å². The van der Waals surface area contributed by atoms with E-state index in [1.54, 1.807) is 0 Å². The summed E-state index contributed by atoms with van der Waals surface area (Å²) in [4.78, 5) is 0. The Labute approximate surface area is 173 Å². The highest BCUT2D eigenvalue weighted by molar-refractivity contribution is 7.79. The van der Waals surface area contributed by atoms with E-state index in [1.807, 2.05) is 12.1 Å². The third-order valence-electron chi connectivity index (χ3n) is 5.59. The summed E-state index contributed by atoms with van der Waals surface area (Å²) >= 11 is 0. The first-order valence-electron chi connectivity index (χ1n) is 11.1. The molecular weight excluding hydrogens is 359 g/mol. The summed E-state index contributed by atoms with van der Waals surface area (Å²) in [5, 5.41) is 14.3. The summed E-state index contributed by atoms with van der Waals surface area (Å²) in [6.07, 6.45) is 10.4. The molecule has 0 unspecified atom stereocenters. The Morgan fingerprint density at radius 3 is 1.32 bits per heavy atom. The van der Waals surface area contributed by atoms with Crippen LogP contribution in [0.1, 0.15) is 70.4 Å². The maximum absolute atomic E-state index is 14.3. The molecule has 0 heterocycles. The average molecular weight is 397 g/mol. The lowest BCUT2D eigenvalue weighted by Crippen LogP contribution is -2.21. The number of hydrogen-bond donors (Lipinski definition) is 0.